The zero-order valence-corrected chi connectivity index (χ0v) is 13.1. The van der Waals surface area contributed by atoms with Crippen molar-refractivity contribution in [3.63, 3.8) is 0 Å². The van der Waals surface area contributed by atoms with Crippen LogP contribution in [0.4, 0.5) is 0 Å². The summed E-state index contributed by atoms with van der Waals surface area (Å²) in [5, 5.41) is 0. The van der Waals surface area contributed by atoms with E-state index in [9.17, 15) is 9.59 Å². The maximum atomic E-state index is 12.1. The van der Waals surface area contributed by atoms with Gasteiger partial charge in [-0.15, -0.1) is 0 Å². The topological polar surface area (TPSA) is 56.3 Å². The zero-order valence-electron chi connectivity index (χ0n) is 11.5. The van der Waals surface area contributed by atoms with Gasteiger partial charge in [-0.3, -0.25) is 9.59 Å². The van der Waals surface area contributed by atoms with Crippen LogP contribution in [0.2, 0.25) is 0 Å². The second-order valence-electron chi connectivity index (χ2n) is 4.83. The fourth-order valence-corrected chi connectivity index (χ4v) is 2.88. The number of methoxy groups -OCH3 is 1. The normalized spacial score (nSPS) is 19.1. The van der Waals surface area contributed by atoms with Gasteiger partial charge in [-0.1, -0.05) is 11.6 Å². The van der Waals surface area contributed by atoms with Crippen molar-refractivity contribution in [2.75, 3.05) is 7.11 Å². The average molecular weight is 338 g/mol. The third kappa shape index (κ3) is 2.98. The number of hydrogen-bond acceptors (Lipinski definition) is 4. The molecule has 1 aliphatic rings. The van der Waals surface area contributed by atoms with E-state index in [1.807, 2.05) is 19.1 Å². The molecular formula is C15H16BrNO3. The first-order valence-electron chi connectivity index (χ1n) is 6.44. The second kappa shape index (κ2) is 6.31. The summed E-state index contributed by atoms with van der Waals surface area (Å²) in [6.45, 7) is 1.85. The van der Waals surface area contributed by atoms with E-state index < -0.39 is 0 Å². The third-order valence-corrected chi connectivity index (χ3v) is 4.40. The van der Waals surface area contributed by atoms with Crippen LogP contribution < -0.4 is 0 Å². The molecule has 0 fully saturated rings. The zero-order chi connectivity index (χ0) is 14.7. The van der Waals surface area contributed by atoms with E-state index in [1.54, 1.807) is 6.20 Å². The van der Waals surface area contributed by atoms with Crippen LogP contribution in [0.25, 0.3) is 0 Å². The maximum absolute atomic E-state index is 12.1. The van der Waals surface area contributed by atoms with E-state index in [0.717, 1.165) is 15.7 Å². The van der Waals surface area contributed by atoms with E-state index >= 15 is 0 Å². The SMILES string of the molecule is COC(=O)C1CCC(=O)C(Cc2cccnc2Br)=C1C. The third-order valence-electron chi connectivity index (χ3n) is 3.68. The molecule has 0 aromatic carbocycles. The lowest BCUT2D eigenvalue weighted by Gasteiger charge is -2.24. The van der Waals surface area contributed by atoms with Crippen LogP contribution in [0, 0.1) is 5.92 Å². The van der Waals surface area contributed by atoms with Crippen LogP contribution in [0.5, 0.6) is 0 Å². The van der Waals surface area contributed by atoms with Gasteiger partial charge in [0.1, 0.15) is 4.60 Å². The van der Waals surface area contributed by atoms with Gasteiger partial charge >= 0.3 is 5.97 Å². The Kier molecular flexibility index (Phi) is 4.70. The first-order chi connectivity index (χ1) is 9.54. The number of ether oxygens (including phenoxy) is 1. The highest BCUT2D eigenvalue weighted by molar-refractivity contribution is 9.10. The molecule has 4 nitrogen and oxygen atoms in total. The lowest BCUT2D eigenvalue weighted by atomic mass is 9.81. The smallest absolute Gasteiger partial charge is 0.312 e. The summed E-state index contributed by atoms with van der Waals surface area (Å²) < 4.78 is 5.54. The van der Waals surface area contributed by atoms with Crippen molar-refractivity contribution >= 4 is 27.7 Å². The summed E-state index contributed by atoms with van der Waals surface area (Å²) in [4.78, 5) is 28.0. The van der Waals surface area contributed by atoms with Crippen molar-refractivity contribution in [2.45, 2.75) is 26.2 Å². The molecule has 1 aromatic rings. The number of esters is 1. The van der Waals surface area contributed by atoms with Gasteiger partial charge in [0.25, 0.3) is 0 Å². The molecule has 0 saturated carbocycles. The highest BCUT2D eigenvalue weighted by atomic mass is 79.9. The molecule has 1 aromatic heterocycles. The fraction of sp³-hybridized carbons (Fsp3) is 0.400. The minimum Gasteiger partial charge on any atom is -0.469 e. The van der Waals surface area contributed by atoms with E-state index in [4.69, 9.17) is 4.74 Å². The van der Waals surface area contributed by atoms with Gasteiger partial charge in [-0.05, 0) is 46.5 Å². The summed E-state index contributed by atoms with van der Waals surface area (Å²) in [6, 6.07) is 3.76. The fourth-order valence-electron chi connectivity index (χ4n) is 2.49. The van der Waals surface area contributed by atoms with Crippen molar-refractivity contribution in [3.8, 4) is 0 Å². The van der Waals surface area contributed by atoms with Gasteiger partial charge in [-0.25, -0.2) is 4.98 Å². The molecule has 0 aliphatic heterocycles. The molecule has 1 aliphatic carbocycles. The van der Waals surface area contributed by atoms with Gasteiger partial charge in [0.15, 0.2) is 5.78 Å². The quantitative estimate of drug-likeness (QED) is 0.628. The summed E-state index contributed by atoms with van der Waals surface area (Å²) >= 11 is 3.38. The number of ketones is 1. The van der Waals surface area contributed by atoms with Crippen molar-refractivity contribution in [1.82, 2.24) is 4.98 Å². The Bertz CT molecular complexity index is 580. The Morgan fingerprint density at radius 3 is 2.95 bits per heavy atom. The van der Waals surface area contributed by atoms with Crippen molar-refractivity contribution in [2.24, 2.45) is 5.92 Å². The molecule has 2 rings (SSSR count). The van der Waals surface area contributed by atoms with Crippen LogP contribution in [-0.2, 0) is 20.7 Å². The number of allylic oxidation sites excluding steroid dienone is 1. The Morgan fingerprint density at radius 2 is 2.30 bits per heavy atom. The molecule has 0 bridgehead atoms. The molecule has 1 heterocycles. The molecule has 0 saturated heterocycles. The van der Waals surface area contributed by atoms with Gasteiger partial charge in [0.2, 0.25) is 0 Å². The molecule has 0 radical (unpaired) electrons. The Hall–Kier alpha value is -1.49. The molecule has 20 heavy (non-hydrogen) atoms. The summed E-state index contributed by atoms with van der Waals surface area (Å²) in [5.41, 5.74) is 2.48. The summed E-state index contributed by atoms with van der Waals surface area (Å²) in [7, 11) is 1.38. The molecule has 5 heteroatoms. The molecule has 1 atom stereocenters. The number of hydrogen-bond donors (Lipinski definition) is 0. The molecule has 0 amide bonds. The highest BCUT2D eigenvalue weighted by Crippen LogP contribution is 2.31. The minimum absolute atomic E-state index is 0.110. The van der Waals surface area contributed by atoms with Crippen LogP contribution in [0.3, 0.4) is 0 Å². The molecule has 0 spiro atoms. The lowest BCUT2D eigenvalue weighted by molar-refractivity contribution is -0.144. The van der Waals surface area contributed by atoms with Crippen LogP contribution >= 0.6 is 15.9 Å². The van der Waals surface area contributed by atoms with Gasteiger partial charge in [0, 0.05) is 19.0 Å². The number of carbonyl (C=O) groups excluding carboxylic acids is 2. The number of nitrogens with zero attached hydrogens (tertiary/aromatic N) is 1. The predicted octanol–water partition coefficient (Wildman–Crippen LogP) is 2.86. The van der Waals surface area contributed by atoms with E-state index in [0.29, 0.717) is 24.8 Å². The largest absolute Gasteiger partial charge is 0.469 e. The molecule has 106 valence electrons. The Labute approximate surface area is 126 Å². The Morgan fingerprint density at radius 1 is 1.55 bits per heavy atom. The Balaban J connectivity index is 2.34. The number of aromatic nitrogens is 1. The first kappa shape index (κ1) is 14.9. The molecule has 0 N–H and O–H groups in total. The van der Waals surface area contributed by atoms with Gasteiger partial charge in [-0.2, -0.15) is 0 Å². The van der Waals surface area contributed by atoms with Gasteiger partial charge in [0.05, 0.1) is 13.0 Å². The van der Waals surface area contributed by atoms with Crippen molar-refractivity contribution < 1.29 is 14.3 Å². The predicted molar refractivity (Wildman–Crippen MR) is 78.1 cm³/mol. The van der Waals surface area contributed by atoms with Crippen molar-refractivity contribution in [1.29, 1.82) is 0 Å². The average Bonchev–Trinajstić information content (AvgIpc) is 2.44. The van der Waals surface area contributed by atoms with E-state index in [-0.39, 0.29) is 17.7 Å². The molecule has 1 unspecified atom stereocenters. The minimum atomic E-state index is -0.303. The monoisotopic (exact) mass is 337 g/mol. The first-order valence-corrected chi connectivity index (χ1v) is 7.24. The van der Waals surface area contributed by atoms with E-state index in [2.05, 4.69) is 20.9 Å². The number of carbonyl (C=O) groups is 2. The van der Waals surface area contributed by atoms with Crippen molar-refractivity contribution in [3.05, 3.63) is 39.6 Å². The van der Waals surface area contributed by atoms with Crippen LogP contribution in [0.1, 0.15) is 25.3 Å². The highest BCUT2D eigenvalue weighted by Gasteiger charge is 2.31. The number of halogens is 1. The van der Waals surface area contributed by atoms with E-state index in [1.165, 1.54) is 7.11 Å². The van der Waals surface area contributed by atoms with Crippen LogP contribution in [-0.4, -0.2) is 23.8 Å². The molecular weight excluding hydrogens is 322 g/mol. The maximum Gasteiger partial charge on any atom is 0.312 e. The number of pyridine rings is 1. The number of rotatable bonds is 3. The summed E-state index contributed by atoms with van der Waals surface area (Å²) in [5.74, 6) is -0.459. The lowest BCUT2D eigenvalue weighted by Crippen LogP contribution is -2.26. The number of Topliss-reactive ketones (excluding diaryl/α,β-unsaturated/α-hetero) is 1. The second-order valence-corrected chi connectivity index (χ2v) is 5.58. The standard InChI is InChI=1S/C15H16BrNO3/c1-9-11(15(19)20-2)5-6-13(18)12(9)8-10-4-3-7-17-14(10)16/h3-4,7,11H,5-6,8H2,1-2H3. The van der Waals surface area contributed by atoms with Gasteiger partial charge < -0.3 is 4.74 Å². The summed E-state index contributed by atoms with van der Waals surface area (Å²) in [6.07, 6.45) is 3.11. The van der Waals surface area contributed by atoms with Crippen LogP contribution in [0.15, 0.2) is 34.1 Å².